The molecule has 0 aliphatic rings. The molecular weight excluding hydrogens is 258 g/mol. The van der Waals surface area contributed by atoms with Gasteiger partial charge in [0.05, 0.1) is 17.8 Å². The Bertz CT molecular complexity index is 649. The van der Waals surface area contributed by atoms with E-state index in [0.29, 0.717) is 5.56 Å². The minimum Gasteiger partial charge on any atom is -0.504 e. The van der Waals surface area contributed by atoms with Crippen LogP contribution in [0.3, 0.4) is 0 Å². The highest BCUT2D eigenvalue weighted by Gasteiger charge is 2.18. The van der Waals surface area contributed by atoms with Gasteiger partial charge in [-0.05, 0) is 25.5 Å². The number of amides is 1. The Labute approximate surface area is 116 Å². The van der Waals surface area contributed by atoms with Gasteiger partial charge in [-0.15, -0.1) is 0 Å². The zero-order valence-corrected chi connectivity index (χ0v) is 11.6. The lowest BCUT2D eigenvalue weighted by Gasteiger charge is -2.13. The molecule has 1 amide bonds. The molecule has 20 heavy (non-hydrogen) atoms. The molecule has 2 aromatic rings. The molecule has 0 aliphatic carbocycles. The number of hydrogen-bond acceptors (Lipinski definition) is 4. The molecule has 3 N–H and O–H groups in total. The molecule has 1 atom stereocenters. The van der Waals surface area contributed by atoms with Gasteiger partial charge in [0.1, 0.15) is 0 Å². The number of rotatable bonds is 3. The third-order valence-corrected chi connectivity index (χ3v) is 3.17. The van der Waals surface area contributed by atoms with Crippen molar-refractivity contribution >= 4 is 5.91 Å². The van der Waals surface area contributed by atoms with E-state index in [-0.39, 0.29) is 17.4 Å². The molecule has 6 nitrogen and oxygen atoms in total. The molecule has 0 saturated heterocycles. The molecule has 0 bridgehead atoms. The summed E-state index contributed by atoms with van der Waals surface area (Å²) in [6.45, 7) is 3.47. The van der Waals surface area contributed by atoms with Crippen molar-refractivity contribution in [3.63, 3.8) is 0 Å². The summed E-state index contributed by atoms with van der Waals surface area (Å²) in [5.74, 6) is -1.12. The quantitative estimate of drug-likeness (QED) is 0.743. The first kappa shape index (κ1) is 13.9. The van der Waals surface area contributed by atoms with Crippen molar-refractivity contribution in [2.45, 2.75) is 19.9 Å². The highest BCUT2D eigenvalue weighted by molar-refractivity contribution is 5.98. The molecule has 106 valence electrons. The number of aryl methyl sites for hydroxylation is 2. The average Bonchev–Trinajstić information content (AvgIpc) is 2.82. The van der Waals surface area contributed by atoms with Crippen molar-refractivity contribution in [3.05, 3.63) is 41.2 Å². The van der Waals surface area contributed by atoms with Crippen LogP contribution in [0.4, 0.5) is 0 Å². The Morgan fingerprint density at radius 1 is 1.35 bits per heavy atom. The van der Waals surface area contributed by atoms with Crippen LogP contribution in [-0.4, -0.2) is 25.9 Å². The lowest BCUT2D eigenvalue weighted by atomic mass is 10.1. The summed E-state index contributed by atoms with van der Waals surface area (Å²) in [6.07, 6.45) is 3.47. The van der Waals surface area contributed by atoms with Crippen molar-refractivity contribution in [2.24, 2.45) is 7.05 Å². The molecule has 0 aliphatic heterocycles. The van der Waals surface area contributed by atoms with Crippen molar-refractivity contribution in [2.75, 3.05) is 0 Å². The lowest BCUT2D eigenvalue weighted by molar-refractivity contribution is 0.0936. The number of aromatic nitrogens is 2. The molecule has 0 radical (unpaired) electrons. The average molecular weight is 275 g/mol. The fourth-order valence-corrected chi connectivity index (χ4v) is 1.89. The topological polar surface area (TPSA) is 87.4 Å². The first-order valence-corrected chi connectivity index (χ1v) is 6.21. The van der Waals surface area contributed by atoms with E-state index < -0.39 is 11.7 Å². The third kappa shape index (κ3) is 2.59. The molecule has 0 unspecified atom stereocenters. The monoisotopic (exact) mass is 275 g/mol. The second-order valence-electron chi connectivity index (χ2n) is 4.77. The summed E-state index contributed by atoms with van der Waals surface area (Å²) in [5.41, 5.74) is 1.42. The third-order valence-electron chi connectivity index (χ3n) is 3.17. The minimum atomic E-state index is -0.450. The highest BCUT2D eigenvalue weighted by atomic mass is 16.3. The first-order chi connectivity index (χ1) is 9.40. The van der Waals surface area contributed by atoms with E-state index >= 15 is 0 Å². The normalized spacial score (nSPS) is 12.2. The zero-order chi connectivity index (χ0) is 14.9. The van der Waals surface area contributed by atoms with Gasteiger partial charge in [0.2, 0.25) is 0 Å². The summed E-state index contributed by atoms with van der Waals surface area (Å²) < 4.78 is 1.65. The molecule has 1 aromatic carbocycles. The van der Waals surface area contributed by atoms with Gasteiger partial charge in [-0.3, -0.25) is 9.48 Å². The SMILES string of the molecule is Cc1ccc(C(=O)N[C@@H](C)c2cnn(C)c2)c(O)c1O. The van der Waals surface area contributed by atoms with Gasteiger partial charge in [-0.2, -0.15) is 5.10 Å². The maximum Gasteiger partial charge on any atom is 0.255 e. The summed E-state index contributed by atoms with van der Waals surface area (Å²) in [7, 11) is 1.79. The molecule has 1 heterocycles. The minimum absolute atomic E-state index is 0.0452. The first-order valence-electron chi connectivity index (χ1n) is 6.21. The second-order valence-corrected chi connectivity index (χ2v) is 4.77. The van der Waals surface area contributed by atoms with Crippen molar-refractivity contribution < 1.29 is 15.0 Å². The number of nitrogens with one attached hydrogen (secondary N) is 1. The van der Waals surface area contributed by atoms with Gasteiger partial charge in [-0.1, -0.05) is 6.07 Å². The standard InChI is InChI=1S/C14H17N3O3/c1-8-4-5-11(13(19)12(8)18)14(20)16-9(2)10-6-15-17(3)7-10/h4-7,9,18-19H,1-3H3,(H,16,20)/t9-/m0/s1. The van der Waals surface area contributed by atoms with Crippen LogP contribution in [-0.2, 0) is 7.05 Å². The Morgan fingerprint density at radius 2 is 2.05 bits per heavy atom. The maximum atomic E-state index is 12.1. The Kier molecular flexibility index (Phi) is 3.65. The van der Waals surface area contributed by atoms with E-state index in [1.807, 2.05) is 6.92 Å². The van der Waals surface area contributed by atoms with Gasteiger partial charge < -0.3 is 15.5 Å². The Hall–Kier alpha value is -2.50. The largest absolute Gasteiger partial charge is 0.504 e. The van der Waals surface area contributed by atoms with Crippen molar-refractivity contribution in [3.8, 4) is 11.5 Å². The van der Waals surface area contributed by atoms with Crippen molar-refractivity contribution in [1.82, 2.24) is 15.1 Å². The number of hydrogen-bond donors (Lipinski definition) is 3. The van der Waals surface area contributed by atoms with Crippen LogP contribution in [0, 0.1) is 6.92 Å². The van der Waals surface area contributed by atoms with Gasteiger partial charge in [0, 0.05) is 18.8 Å². The molecule has 2 rings (SSSR count). The fourth-order valence-electron chi connectivity index (χ4n) is 1.89. The van der Waals surface area contributed by atoms with Gasteiger partial charge in [0.15, 0.2) is 11.5 Å². The van der Waals surface area contributed by atoms with E-state index in [2.05, 4.69) is 10.4 Å². The van der Waals surface area contributed by atoms with Crippen LogP contribution in [0.25, 0.3) is 0 Å². The predicted octanol–water partition coefficient (Wildman–Crippen LogP) is 1.63. The van der Waals surface area contributed by atoms with Gasteiger partial charge in [-0.25, -0.2) is 0 Å². The summed E-state index contributed by atoms with van der Waals surface area (Å²) in [6, 6.07) is 2.81. The summed E-state index contributed by atoms with van der Waals surface area (Å²) >= 11 is 0. The lowest BCUT2D eigenvalue weighted by Crippen LogP contribution is -2.26. The number of benzene rings is 1. The Balaban J connectivity index is 2.18. The number of aromatic hydroxyl groups is 2. The zero-order valence-electron chi connectivity index (χ0n) is 11.6. The fraction of sp³-hybridized carbons (Fsp3) is 0.286. The number of carbonyl (C=O) groups excluding carboxylic acids is 1. The smallest absolute Gasteiger partial charge is 0.255 e. The maximum absolute atomic E-state index is 12.1. The molecule has 6 heteroatoms. The number of phenolic OH excluding ortho intramolecular Hbond substituents is 2. The van der Waals surface area contributed by atoms with Crippen LogP contribution < -0.4 is 5.32 Å². The van der Waals surface area contributed by atoms with E-state index in [1.165, 1.54) is 6.07 Å². The molecule has 0 saturated carbocycles. The molecule has 0 spiro atoms. The molecule has 0 fully saturated rings. The summed E-state index contributed by atoms with van der Waals surface area (Å²) in [5, 5.41) is 26.2. The van der Waals surface area contributed by atoms with E-state index in [0.717, 1.165) is 5.56 Å². The molecule has 1 aromatic heterocycles. The van der Waals surface area contributed by atoms with Crippen LogP contribution in [0.15, 0.2) is 24.5 Å². The molecular formula is C14H17N3O3. The van der Waals surface area contributed by atoms with Gasteiger partial charge >= 0.3 is 0 Å². The van der Waals surface area contributed by atoms with Crippen LogP contribution in [0.2, 0.25) is 0 Å². The van der Waals surface area contributed by atoms with Gasteiger partial charge in [0.25, 0.3) is 5.91 Å². The highest BCUT2D eigenvalue weighted by Crippen LogP contribution is 2.32. The number of carbonyl (C=O) groups is 1. The van der Waals surface area contributed by atoms with E-state index in [1.54, 1.807) is 37.1 Å². The Morgan fingerprint density at radius 3 is 2.65 bits per heavy atom. The van der Waals surface area contributed by atoms with Crippen LogP contribution in [0.5, 0.6) is 11.5 Å². The number of phenols is 2. The van der Waals surface area contributed by atoms with Crippen LogP contribution >= 0.6 is 0 Å². The second kappa shape index (κ2) is 5.24. The predicted molar refractivity (Wildman–Crippen MR) is 73.6 cm³/mol. The van der Waals surface area contributed by atoms with E-state index in [9.17, 15) is 15.0 Å². The number of nitrogens with zero attached hydrogens (tertiary/aromatic N) is 2. The van der Waals surface area contributed by atoms with Crippen LogP contribution in [0.1, 0.15) is 34.5 Å². The van der Waals surface area contributed by atoms with Crippen molar-refractivity contribution in [1.29, 1.82) is 0 Å². The summed E-state index contributed by atoms with van der Waals surface area (Å²) in [4.78, 5) is 12.1. The van der Waals surface area contributed by atoms with E-state index in [4.69, 9.17) is 0 Å².